The maximum atomic E-state index is 11.9. The van der Waals surface area contributed by atoms with Crippen LogP contribution in [-0.4, -0.2) is 6.03 Å². The number of amides is 2. The molecule has 19 heavy (non-hydrogen) atoms. The van der Waals surface area contributed by atoms with Gasteiger partial charge < -0.3 is 10.6 Å². The van der Waals surface area contributed by atoms with E-state index < -0.39 is 0 Å². The molecule has 0 saturated carbocycles. The fourth-order valence-electron chi connectivity index (χ4n) is 1.74. The van der Waals surface area contributed by atoms with Crippen LogP contribution in [0.5, 0.6) is 0 Å². The molecule has 3 nitrogen and oxygen atoms in total. The first kappa shape index (κ1) is 13.4. The van der Waals surface area contributed by atoms with Gasteiger partial charge in [-0.05, 0) is 24.6 Å². The zero-order chi connectivity index (χ0) is 13.7. The Morgan fingerprint density at radius 2 is 1.68 bits per heavy atom. The molecule has 0 unspecified atom stereocenters. The lowest BCUT2D eigenvalue weighted by atomic mass is 10.1. The van der Waals surface area contributed by atoms with Crippen LogP contribution in [0.3, 0.4) is 0 Å². The van der Waals surface area contributed by atoms with Gasteiger partial charge in [-0.1, -0.05) is 54.1 Å². The number of nitrogens with one attached hydrogen (secondary N) is 2. The minimum Gasteiger partial charge on any atom is -0.331 e. The average molecular weight is 275 g/mol. The summed E-state index contributed by atoms with van der Waals surface area (Å²) in [7, 11) is 0. The van der Waals surface area contributed by atoms with Gasteiger partial charge in [-0.3, -0.25) is 0 Å². The quantitative estimate of drug-likeness (QED) is 0.864. The number of carbonyl (C=O) groups is 1. The fourth-order valence-corrected chi connectivity index (χ4v) is 1.93. The number of rotatable bonds is 3. The fraction of sp³-hybridized carbons (Fsp3) is 0.133. The highest BCUT2D eigenvalue weighted by atomic mass is 35.5. The Labute approximate surface area is 117 Å². The second-order valence-electron chi connectivity index (χ2n) is 4.21. The molecule has 0 radical (unpaired) electrons. The maximum absolute atomic E-state index is 11.9. The number of hydrogen-bond acceptors (Lipinski definition) is 1. The average Bonchev–Trinajstić information content (AvgIpc) is 2.42. The van der Waals surface area contributed by atoms with Crippen molar-refractivity contribution in [2.75, 3.05) is 5.32 Å². The first-order valence-corrected chi connectivity index (χ1v) is 6.41. The van der Waals surface area contributed by atoms with Gasteiger partial charge >= 0.3 is 6.03 Å². The Balaban J connectivity index is 1.97. The molecule has 2 amide bonds. The molecule has 0 aliphatic rings. The largest absolute Gasteiger partial charge is 0.331 e. The van der Waals surface area contributed by atoms with Crippen molar-refractivity contribution < 1.29 is 4.79 Å². The van der Waals surface area contributed by atoms with Gasteiger partial charge in [-0.15, -0.1) is 0 Å². The van der Waals surface area contributed by atoms with E-state index >= 15 is 0 Å². The van der Waals surface area contributed by atoms with Gasteiger partial charge in [0.25, 0.3) is 0 Å². The third kappa shape index (κ3) is 3.73. The summed E-state index contributed by atoms with van der Waals surface area (Å²) in [5.41, 5.74) is 1.65. The zero-order valence-corrected chi connectivity index (χ0v) is 11.3. The summed E-state index contributed by atoms with van der Waals surface area (Å²) in [5, 5.41) is 6.11. The standard InChI is InChI=1S/C15H15ClN2O/c1-11(12-7-3-2-4-8-12)17-15(19)18-14-10-6-5-9-13(14)16/h2-11H,1H3,(H2,17,18,19)/t11-/m1/s1. The zero-order valence-electron chi connectivity index (χ0n) is 10.6. The summed E-state index contributed by atoms with van der Waals surface area (Å²) in [5.74, 6) is 0. The van der Waals surface area contributed by atoms with E-state index in [4.69, 9.17) is 11.6 Å². The number of urea groups is 1. The molecule has 4 heteroatoms. The van der Waals surface area contributed by atoms with Crippen LogP contribution < -0.4 is 10.6 Å². The molecule has 0 saturated heterocycles. The third-order valence-electron chi connectivity index (χ3n) is 2.77. The highest BCUT2D eigenvalue weighted by Crippen LogP contribution is 2.20. The van der Waals surface area contributed by atoms with E-state index in [1.54, 1.807) is 12.1 Å². The van der Waals surface area contributed by atoms with Crippen LogP contribution in [0.15, 0.2) is 54.6 Å². The SMILES string of the molecule is C[C@@H](NC(=O)Nc1ccccc1Cl)c1ccccc1. The summed E-state index contributed by atoms with van der Waals surface area (Å²) >= 11 is 5.98. The van der Waals surface area contributed by atoms with Crippen molar-refractivity contribution in [2.45, 2.75) is 13.0 Å². The van der Waals surface area contributed by atoms with E-state index in [1.165, 1.54) is 0 Å². The Bertz CT molecular complexity index is 557. The molecule has 2 aromatic carbocycles. The van der Waals surface area contributed by atoms with Crippen LogP contribution in [0.1, 0.15) is 18.5 Å². The summed E-state index contributed by atoms with van der Waals surface area (Å²) in [4.78, 5) is 11.9. The van der Waals surface area contributed by atoms with Gasteiger partial charge in [-0.25, -0.2) is 4.79 Å². The van der Waals surface area contributed by atoms with Crippen LogP contribution >= 0.6 is 11.6 Å². The van der Waals surface area contributed by atoms with E-state index in [2.05, 4.69) is 10.6 Å². The Hall–Kier alpha value is -2.00. The molecule has 1 atom stereocenters. The van der Waals surface area contributed by atoms with Crippen molar-refractivity contribution in [2.24, 2.45) is 0 Å². The second-order valence-corrected chi connectivity index (χ2v) is 4.62. The summed E-state index contributed by atoms with van der Waals surface area (Å²) in [6.45, 7) is 1.93. The second kappa shape index (κ2) is 6.25. The number of halogens is 1. The van der Waals surface area contributed by atoms with Crippen LogP contribution in [0.4, 0.5) is 10.5 Å². The van der Waals surface area contributed by atoms with E-state index in [-0.39, 0.29) is 12.1 Å². The molecule has 98 valence electrons. The number of benzene rings is 2. The lowest BCUT2D eigenvalue weighted by Crippen LogP contribution is -2.31. The molecule has 0 heterocycles. The monoisotopic (exact) mass is 274 g/mol. The van der Waals surface area contributed by atoms with E-state index in [0.717, 1.165) is 5.56 Å². The molecule has 0 bridgehead atoms. The summed E-state index contributed by atoms with van der Waals surface area (Å²) in [6.07, 6.45) is 0. The molecule has 2 rings (SSSR count). The van der Waals surface area contributed by atoms with Crippen molar-refractivity contribution in [3.8, 4) is 0 Å². The molecular formula is C15H15ClN2O. The Morgan fingerprint density at radius 1 is 1.05 bits per heavy atom. The van der Waals surface area contributed by atoms with Crippen molar-refractivity contribution in [3.05, 3.63) is 65.2 Å². The molecule has 2 N–H and O–H groups in total. The normalized spacial score (nSPS) is 11.7. The topological polar surface area (TPSA) is 41.1 Å². The number of para-hydroxylation sites is 1. The lowest BCUT2D eigenvalue weighted by molar-refractivity contribution is 0.249. The first-order valence-electron chi connectivity index (χ1n) is 6.04. The highest BCUT2D eigenvalue weighted by molar-refractivity contribution is 6.33. The Morgan fingerprint density at radius 3 is 2.37 bits per heavy atom. The van der Waals surface area contributed by atoms with Gasteiger partial charge in [0.2, 0.25) is 0 Å². The molecular weight excluding hydrogens is 260 g/mol. The Kier molecular flexibility index (Phi) is 4.42. The van der Waals surface area contributed by atoms with Crippen molar-refractivity contribution in [1.82, 2.24) is 5.32 Å². The molecule has 0 aliphatic heterocycles. The predicted molar refractivity (Wildman–Crippen MR) is 78.5 cm³/mol. The van der Waals surface area contributed by atoms with Gasteiger partial charge in [0.1, 0.15) is 0 Å². The van der Waals surface area contributed by atoms with Gasteiger partial charge in [0.15, 0.2) is 0 Å². The van der Waals surface area contributed by atoms with Gasteiger partial charge in [0, 0.05) is 0 Å². The molecule has 0 fully saturated rings. The van der Waals surface area contributed by atoms with Crippen LogP contribution in [-0.2, 0) is 0 Å². The van der Waals surface area contributed by atoms with Crippen LogP contribution in [0, 0.1) is 0 Å². The van der Waals surface area contributed by atoms with E-state index in [9.17, 15) is 4.79 Å². The maximum Gasteiger partial charge on any atom is 0.319 e. The molecule has 0 aliphatic carbocycles. The minimum absolute atomic E-state index is 0.0660. The summed E-state index contributed by atoms with van der Waals surface area (Å²) in [6, 6.07) is 16.6. The predicted octanol–water partition coefficient (Wildman–Crippen LogP) is 4.22. The number of hydrogen-bond donors (Lipinski definition) is 2. The van der Waals surface area contributed by atoms with Crippen LogP contribution in [0.2, 0.25) is 5.02 Å². The van der Waals surface area contributed by atoms with Gasteiger partial charge in [-0.2, -0.15) is 0 Å². The van der Waals surface area contributed by atoms with Crippen molar-refractivity contribution in [3.63, 3.8) is 0 Å². The first-order chi connectivity index (χ1) is 9.16. The lowest BCUT2D eigenvalue weighted by Gasteiger charge is -2.15. The number of carbonyl (C=O) groups excluding carboxylic acids is 1. The summed E-state index contributed by atoms with van der Waals surface area (Å²) < 4.78 is 0. The molecule has 2 aromatic rings. The smallest absolute Gasteiger partial charge is 0.319 e. The molecule has 0 aromatic heterocycles. The van der Waals surface area contributed by atoms with Crippen molar-refractivity contribution >= 4 is 23.3 Å². The number of anilines is 1. The van der Waals surface area contributed by atoms with Gasteiger partial charge in [0.05, 0.1) is 16.8 Å². The third-order valence-corrected chi connectivity index (χ3v) is 3.10. The molecule has 0 spiro atoms. The van der Waals surface area contributed by atoms with E-state index in [1.807, 2.05) is 49.4 Å². The van der Waals surface area contributed by atoms with Crippen LogP contribution in [0.25, 0.3) is 0 Å². The van der Waals surface area contributed by atoms with Crippen molar-refractivity contribution in [1.29, 1.82) is 0 Å². The van der Waals surface area contributed by atoms with E-state index in [0.29, 0.717) is 10.7 Å². The highest BCUT2D eigenvalue weighted by Gasteiger charge is 2.10. The minimum atomic E-state index is -0.274.